The highest BCUT2D eigenvalue weighted by atomic mass is 32.2. The fourth-order valence-corrected chi connectivity index (χ4v) is 6.47. The summed E-state index contributed by atoms with van der Waals surface area (Å²) >= 11 is 0. The number of fused-ring (bicyclic) bond motifs is 4. The third-order valence-electron chi connectivity index (χ3n) is 7.24. The molecule has 2 aromatic rings. The van der Waals surface area contributed by atoms with Crippen LogP contribution in [0, 0.1) is 0 Å². The largest absolute Gasteiger partial charge is 0.474 e. The van der Waals surface area contributed by atoms with Gasteiger partial charge < -0.3 is 14.8 Å². The van der Waals surface area contributed by atoms with Crippen LogP contribution in [0.2, 0.25) is 0 Å². The number of rotatable bonds is 4. The number of ether oxygens (including phenoxy) is 2. The summed E-state index contributed by atoms with van der Waals surface area (Å²) in [6, 6.07) is -0.718. The topological polar surface area (TPSA) is 134 Å². The van der Waals surface area contributed by atoms with Gasteiger partial charge in [0.05, 0.1) is 24.1 Å². The molecule has 2 aromatic heterocycles. The molecule has 3 N–H and O–H groups in total. The van der Waals surface area contributed by atoms with Crippen molar-refractivity contribution in [1.82, 2.24) is 14.8 Å². The molecule has 2 atom stereocenters. The van der Waals surface area contributed by atoms with Crippen LogP contribution in [0.1, 0.15) is 55.1 Å². The number of hydrogen-bond acceptors (Lipinski definition) is 6. The first-order chi connectivity index (χ1) is 15.9. The van der Waals surface area contributed by atoms with Gasteiger partial charge in [-0.05, 0) is 63.0 Å². The quantitative estimate of drug-likeness (QED) is 0.702. The van der Waals surface area contributed by atoms with Crippen molar-refractivity contribution in [3.8, 4) is 5.88 Å². The van der Waals surface area contributed by atoms with Crippen molar-refractivity contribution in [2.75, 3.05) is 18.5 Å². The van der Waals surface area contributed by atoms with Crippen LogP contribution in [0.3, 0.4) is 0 Å². The van der Waals surface area contributed by atoms with Crippen LogP contribution in [-0.4, -0.2) is 44.3 Å². The van der Waals surface area contributed by atoms with Crippen molar-refractivity contribution < 1.29 is 18.5 Å². The Balaban J connectivity index is 1.30. The lowest BCUT2D eigenvalue weighted by atomic mass is 10.0. The van der Waals surface area contributed by atoms with Gasteiger partial charge in [-0.3, -0.25) is 4.98 Å². The molecule has 3 heterocycles. The number of carbonyl (C=O) groups excluding carboxylic acids is 1. The van der Waals surface area contributed by atoms with Gasteiger partial charge in [-0.25, -0.2) is 18.8 Å². The summed E-state index contributed by atoms with van der Waals surface area (Å²) in [4.78, 5) is 18.1. The minimum Gasteiger partial charge on any atom is -0.474 e. The van der Waals surface area contributed by atoms with Gasteiger partial charge in [-0.1, -0.05) is 0 Å². The van der Waals surface area contributed by atoms with Gasteiger partial charge in [-0.15, -0.1) is 4.36 Å². The third kappa shape index (κ3) is 3.44. The van der Waals surface area contributed by atoms with E-state index >= 15 is 0 Å². The van der Waals surface area contributed by atoms with Crippen molar-refractivity contribution in [3.05, 3.63) is 28.7 Å². The molecule has 3 aliphatic carbocycles. The Bertz CT molecular complexity index is 1270. The number of carbonyl (C=O) groups is 1. The van der Waals surface area contributed by atoms with Crippen molar-refractivity contribution in [2.45, 2.75) is 74.8 Å². The Kier molecular flexibility index (Phi) is 4.79. The zero-order valence-corrected chi connectivity index (χ0v) is 19.4. The van der Waals surface area contributed by atoms with Crippen molar-refractivity contribution in [3.63, 3.8) is 0 Å². The second-order valence-electron chi connectivity index (χ2n) is 9.35. The number of nitrogens with two attached hydrogens (primary N) is 1. The Morgan fingerprint density at radius 2 is 2.21 bits per heavy atom. The van der Waals surface area contributed by atoms with E-state index in [9.17, 15) is 9.00 Å². The number of nitrogens with zero attached hydrogens (tertiary/aromatic N) is 4. The Labute approximate surface area is 192 Å². The van der Waals surface area contributed by atoms with Gasteiger partial charge in [0.25, 0.3) is 0 Å². The smallest absolute Gasteiger partial charge is 0.354 e. The summed E-state index contributed by atoms with van der Waals surface area (Å²) in [5.41, 5.74) is 5.45. The lowest BCUT2D eigenvalue weighted by Crippen LogP contribution is -2.33. The van der Waals surface area contributed by atoms with Crippen LogP contribution in [-0.2, 0) is 45.9 Å². The van der Waals surface area contributed by atoms with Gasteiger partial charge in [0.15, 0.2) is 9.92 Å². The molecule has 6 rings (SSSR count). The lowest BCUT2D eigenvalue weighted by Gasteiger charge is -2.24. The molecule has 1 spiro atoms. The average molecular weight is 473 g/mol. The number of pyridine rings is 1. The van der Waals surface area contributed by atoms with Crippen molar-refractivity contribution in [2.24, 2.45) is 9.50 Å². The van der Waals surface area contributed by atoms with Gasteiger partial charge in [0.1, 0.15) is 17.6 Å². The van der Waals surface area contributed by atoms with E-state index in [0.29, 0.717) is 19.8 Å². The van der Waals surface area contributed by atoms with Gasteiger partial charge in [0.2, 0.25) is 5.88 Å². The van der Waals surface area contributed by atoms with E-state index in [1.165, 1.54) is 6.20 Å². The summed E-state index contributed by atoms with van der Waals surface area (Å²) in [7, 11) is -3.55. The summed E-state index contributed by atoms with van der Waals surface area (Å²) in [6.45, 7) is 3.23. The van der Waals surface area contributed by atoms with Crippen LogP contribution >= 0.6 is 0 Å². The number of nitrogens with one attached hydrogen (secondary N) is 1. The molecule has 1 fully saturated rings. The van der Waals surface area contributed by atoms with Crippen LogP contribution < -0.4 is 15.2 Å². The highest BCUT2D eigenvalue weighted by Crippen LogP contribution is 2.58. The molecule has 0 saturated heterocycles. The maximum atomic E-state index is 13.3. The van der Waals surface area contributed by atoms with E-state index in [1.54, 1.807) is 4.68 Å². The van der Waals surface area contributed by atoms with E-state index < -0.39 is 15.9 Å². The normalized spacial score (nSPS) is 23.3. The molecule has 4 aliphatic rings. The van der Waals surface area contributed by atoms with Crippen LogP contribution in [0.4, 0.5) is 10.5 Å². The molecule has 0 aromatic carbocycles. The first kappa shape index (κ1) is 21.1. The zero-order valence-electron chi connectivity index (χ0n) is 18.6. The number of aromatic nitrogens is 3. The molecule has 11 heteroatoms. The van der Waals surface area contributed by atoms with Crippen LogP contribution in [0.25, 0.3) is 0 Å². The second-order valence-corrected chi connectivity index (χ2v) is 11.1. The van der Waals surface area contributed by atoms with E-state index in [-0.39, 0.29) is 22.3 Å². The Hall–Kier alpha value is -2.50. The number of anilines is 1. The standard InChI is InChI=1S/C22H28N6O4S/c1-2-31-13-11-28-20(32-12-13)17(10-24-28)33(23,30)27-21(29)26-18-14-4-3-5-16(14)25-19-15(18)6-7-22(19)8-9-22/h10,13H,2-9,11-12H2,1H3,(H3,23,25,26,27,29,30). The van der Waals surface area contributed by atoms with Crippen molar-refractivity contribution in [1.29, 1.82) is 0 Å². The fourth-order valence-electron chi connectivity index (χ4n) is 5.47. The summed E-state index contributed by atoms with van der Waals surface area (Å²) in [5, 5.41) is 13.2. The van der Waals surface area contributed by atoms with Gasteiger partial charge >= 0.3 is 6.03 Å². The highest BCUT2D eigenvalue weighted by Gasteiger charge is 2.51. The van der Waals surface area contributed by atoms with E-state index in [4.69, 9.17) is 19.6 Å². The SMILES string of the molecule is CCOC1COc2c(S(N)(=O)=NC(=O)Nc3c4c(nc5c3CCC53CC3)CCC4)cnn2C1. The maximum Gasteiger partial charge on any atom is 0.354 e. The molecule has 176 valence electrons. The molecule has 0 bridgehead atoms. The molecule has 0 radical (unpaired) electrons. The minimum absolute atomic E-state index is 0.120. The molecular weight excluding hydrogens is 444 g/mol. The predicted molar refractivity (Wildman–Crippen MR) is 121 cm³/mol. The summed E-state index contributed by atoms with van der Waals surface area (Å²) in [6.07, 6.45) is 8.35. The molecular formula is C22H28N6O4S. The second kappa shape index (κ2) is 7.51. The molecule has 33 heavy (non-hydrogen) atoms. The predicted octanol–water partition coefficient (Wildman–Crippen LogP) is 2.47. The van der Waals surface area contributed by atoms with E-state index in [0.717, 1.165) is 73.1 Å². The Morgan fingerprint density at radius 1 is 1.36 bits per heavy atom. The molecule has 2 unspecified atom stereocenters. The first-order valence-electron chi connectivity index (χ1n) is 11.6. The number of amides is 2. The number of aryl methyl sites for hydroxylation is 1. The number of hydrogen-bond donors (Lipinski definition) is 2. The van der Waals surface area contributed by atoms with Crippen LogP contribution in [0.15, 0.2) is 15.5 Å². The number of urea groups is 1. The average Bonchev–Trinajstić information content (AvgIpc) is 3.11. The summed E-state index contributed by atoms with van der Waals surface area (Å²) in [5.74, 6) is 0.274. The maximum absolute atomic E-state index is 13.3. The molecule has 2 amide bonds. The minimum atomic E-state index is -3.55. The lowest BCUT2D eigenvalue weighted by molar-refractivity contribution is -0.00758. The van der Waals surface area contributed by atoms with E-state index in [2.05, 4.69) is 14.8 Å². The van der Waals surface area contributed by atoms with Gasteiger partial charge in [0, 0.05) is 17.7 Å². The fraction of sp³-hybridized carbons (Fsp3) is 0.591. The third-order valence-corrected chi connectivity index (χ3v) is 8.59. The monoisotopic (exact) mass is 472 g/mol. The van der Waals surface area contributed by atoms with Gasteiger partial charge in [-0.2, -0.15) is 5.10 Å². The van der Waals surface area contributed by atoms with Crippen molar-refractivity contribution >= 4 is 21.6 Å². The zero-order chi connectivity index (χ0) is 22.8. The summed E-state index contributed by atoms with van der Waals surface area (Å²) < 4.78 is 30.0. The molecule has 1 saturated carbocycles. The molecule has 10 nitrogen and oxygen atoms in total. The highest BCUT2D eigenvalue weighted by molar-refractivity contribution is 7.91. The Morgan fingerprint density at radius 3 is 3.00 bits per heavy atom. The van der Waals surface area contributed by atoms with Crippen LogP contribution in [0.5, 0.6) is 5.88 Å². The van der Waals surface area contributed by atoms with E-state index in [1.807, 2.05) is 6.92 Å². The first-order valence-corrected chi connectivity index (χ1v) is 13.2. The molecule has 1 aliphatic heterocycles.